The third kappa shape index (κ3) is 6.89. The molecule has 7 aromatic rings. The zero-order valence-electron chi connectivity index (χ0n) is 30.3. The predicted octanol–water partition coefficient (Wildman–Crippen LogP) is 8.36. The van der Waals surface area contributed by atoms with Crippen molar-refractivity contribution < 1.29 is 0 Å². The second kappa shape index (κ2) is 15.7. The van der Waals surface area contributed by atoms with E-state index in [1.165, 1.54) is 71.1 Å². The zero-order valence-corrected chi connectivity index (χ0v) is 31.2. The van der Waals surface area contributed by atoms with Crippen LogP contribution in [0.1, 0.15) is 33.4 Å². The first-order valence-electron chi connectivity index (χ1n) is 17.7. The summed E-state index contributed by atoms with van der Waals surface area (Å²) in [6.07, 6.45) is -1.22. The molecule has 0 spiro atoms. The van der Waals surface area contributed by atoms with Crippen molar-refractivity contribution in [1.82, 2.24) is 0 Å². The topological polar surface area (TPSA) is 0 Å². The number of benzene rings is 7. The van der Waals surface area contributed by atoms with Gasteiger partial charge in [0, 0.05) is 0 Å². The third-order valence-electron chi connectivity index (χ3n) is 10.6. The standard InChI is InChI=1S/C24H20B.C24H27P/c1-5-13-21(14-6-1)25(22-15-7-2-8-16-22,23-17-9-3-10-18-23)24-19-11-4-12-20-24;1-16-10-7-13-22(19(16)4)25(23-14-8-11-17(2)20(23)5)24-15-9-12-18(3)21(24)6/h1-20H;7-15H,1-6H3/q-1;. The molecule has 0 radical (unpaired) electrons. The van der Waals surface area contributed by atoms with Gasteiger partial charge in [-0.05, 0) is 98.8 Å². The third-order valence-corrected chi connectivity index (χ3v) is 13.5. The molecule has 7 rings (SSSR count). The van der Waals surface area contributed by atoms with E-state index in [2.05, 4.69) is 217 Å². The monoisotopic (exact) mass is 665 g/mol. The molecule has 7 aromatic carbocycles. The smallest absolute Gasteiger partial charge is 0.108 e. The highest BCUT2D eigenvalue weighted by molar-refractivity contribution is 7.80. The lowest BCUT2D eigenvalue weighted by Gasteiger charge is -2.44. The fourth-order valence-electron chi connectivity index (χ4n) is 7.44. The van der Waals surface area contributed by atoms with Gasteiger partial charge in [-0.2, -0.15) is 21.9 Å². The van der Waals surface area contributed by atoms with Crippen molar-refractivity contribution in [3.63, 3.8) is 0 Å². The zero-order chi connectivity index (χ0) is 35.1. The highest BCUT2D eigenvalue weighted by Gasteiger charge is 2.31. The lowest BCUT2D eigenvalue weighted by Crippen LogP contribution is -2.74. The molecule has 0 bridgehead atoms. The van der Waals surface area contributed by atoms with E-state index in [9.17, 15) is 0 Å². The Hall–Kier alpha value is -4.97. The maximum Gasteiger partial charge on any atom is 0.108 e. The second-order valence-corrected chi connectivity index (χ2v) is 15.6. The molecule has 0 aliphatic carbocycles. The Labute approximate surface area is 301 Å². The minimum atomic E-state index is -1.22. The van der Waals surface area contributed by atoms with E-state index in [0.717, 1.165) is 0 Å². The van der Waals surface area contributed by atoms with E-state index in [-0.39, 0.29) is 0 Å². The summed E-state index contributed by atoms with van der Waals surface area (Å²) in [5, 5.41) is 4.45. The van der Waals surface area contributed by atoms with Gasteiger partial charge in [0.2, 0.25) is 0 Å². The van der Waals surface area contributed by atoms with Gasteiger partial charge in [-0.3, -0.25) is 0 Å². The van der Waals surface area contributed by atoms with Gasteiger partial charge in [0.05, 0.1) is 0 Å². The number of hydrogen-bond acceptors (Lipinski definition) is 0. The van der Waals surface area contributed by atoms with Crippen LogP contribution in [0, 0.1) is 41.5 Å². The molecule has 50 heavy (non-hydrogen) atoms. The summed E-state index contributed by atoms with van der Waals surface area (Å²) in [6, 6.07) is 63.8. The van der Waals surface area contributed by atoms with Crippen LogP contribution < -0.4 is 37.8 Å². The fraction of sp³-hybridized carbons (Fsp3) is 0.125. The normalized spacial score (nSPS) is 11.2. The van der Waals surface area contributed by atoms with Crippen LogP contribution in [-0.2, 0) is 0 Å². The summed E-state index contributed by atoms with van der Waals surface area (Å²) in [7, 11) is -0.557. The molecule has 0 unspecified atom stereocenters. The van der Waals surface area contributed by atoms with E-state index in [1.807, 2.05) is 0 Å². The van der Waals surface area contributed by atoms with E-state index in [4.69, 9.17) is 0 Å². The lowest BCUT2D eigenvalue weighted by atomic mass is 9.13. The van der Waals surface area contributed by atoms with E-state index < -0.39 is 14.1 Å². The van der Waals surface area contributed by atoms with Gasteiger partial charge in [-0.1, -0.05) is 176 Å². The van der Waals surface area contributed by atoms with Crippen molar-refractivity contribution in [2.75, 3.05) is 0 Å². The summed E-state index contributed by atoms with van der Waals surface area (Å²) >= 11 is 0. The van der Waals surface area contributed by atoms with Crippen LogP contribution in [0.25, 0.3) is 0 Å². The van der Waals surface area contributed by atoms with Crippen LogP contribution in [0.4, 0.5) is 0 Å². The van der Waals surface area contributed by atoms with Crippen molar-refractivity contribution in [3.8, 4) is 0 Å². The van der Waals surface area contributed by atoms with Crippen molar-refractivity contribution in [2.24, 2.45) is 0 Å². The molecule has 0 amide bonds. The molecule has 0 fully saturated rings. The minimum absolute atomic E-state index is 0.557. The Balaban J connectivity index is 0.000000173. The van der Waals surface area contributed by atoms with E-state index in [0.29, 0.717) is 0 Å². The van der Waals surface area contributed by atoms with Crippen LogP contribution in [0.5, 0.6) is 0 Å². The Morgan fingerprint density at radius 1 is 0.280 bits per heavy atom. The number of hydrogen-bond donors (Lipinski definition) is 0. The molecular formula is C48H47BP-. The predicted molar refractivity (Wildman–Crippen MR) is 224 cm³/mol. The second-order valence-electron chi connectivity index (χ2n) is 13.5. The van der Waals surface area contributed by atoms with Crippen molar-refractivity contribution in [3.05, 3.63) is 209 Å². The van der Waals surface area contributed by atoms with Gasteiger partial charge in [0.25, 0.3) is 0 Å². The Bertz CT molecular complexity index is 1870. The van der Waals surface area contributed by atoms with E-state index >= 15 is 0 Å². The summed E-state index contributed by atoms with van der Waals surface area (Å²) in [5.41, 5.74) is 13.8. The van der Waals surface area contributed by atoms with Crippen molar-refractivity contribution in [2.45, 2.75) is 41.5 Å². The molecule has 0 nitrogen and oxygen atoms in total. The van der Waals surface area contributed by atoms with Crippen molar-refractivity contribution >= 4 is 51.8 Å². The fourth-order valence-corrected chi connectivity index (χ4v) is 10.5. The summed E-state index contributed by atoms with van der Waals surface area (Å²) in [6.45, 7) is 13.5. The van der Waals surface area contributed by atoms with Gasteiger partial charge in [0.15, 0.2) is 0 Å². The highest BCUT2D eigenvalue weighted by atomic mass is 31.1. The summed E-state index contributed by atoms with van der Waals surface area (Å²) in [4.78, 5) is 0. The van der Waals surface area contributed by atoms with Crippen LogP contribution in [0.15, 0.2) is 176 Å². The SMILES string of the molecule is Cc1cccc(P(c2cccc(C)c2C)c2cccc(C)c2C)c1C.c1ccc([B-](c2ccccc2)(c2ccccc2)c2ccccc2)cc1. The number of rotatable bonds is 7. The maximum atomic E-state index is 2.33. The molecule has 0 atom stereocenters. The van der Waals surface area contributed by atoms with E-state index in [1.54, 1.807) is 0 Å². The first-order valence-corrected chi connectivity index (χ1v) is 19.0. The van der Waals surface area contributed by atoms with Crippen LogP contribution in [-0.4, -0.2) is 6.15 Å². The summed E-state index contributed by atoms with van der Waals surface area (Å²) in [5.74, 6) is 0. The minimum Gasteiger partial charge on any atom is -0.195 e. The maximum absolute atomic E-state index is 2.33. The Morgan fingerprint density at radius 3 is 0.760 bits per heavy atom. The molecule has 0 aliphatic rings. The average Bonchev–Trinajstić information content (AvgIpc) is 3.16. The molecule has 0 aromatic heterocycles. The quantitative estimate of drug-likeness (QED) is 0.119. The first-order chi connectivity index (χ1) is 24.3. The van der Waals surface area contributed by atoms with Gasteiger partial charge in [0.1, 0.15) is 6.15 Å². The van der Waals surface area contributed by atoms with Gasteiger partial charge >= 0.3 is 0 Å². The molecule has 248 valence electrons. The molecule has 0 saturated carbocycles. The first kappa shape index (κ1) is 34.9. The van der Waals surface area contributed by atoms with Crippen molar-refractivity contribution in [1.29, 1.82) is 0 Å². The molecule has 0 aliphatic heterocycles. The molecule has 0 N–H and O–H groups in total. The van der Waals surface area contributed by atoms with Gasteiger partial charge < -0.3 is 0 Å². The molecule has 2 heteroatoms. The van der Waals surface area contributed by atoms with Gasteiger partial charge in [-0.15, -0.1) is 0 Å². The van der Waals surface area contributed by atoms with Crippen LogP contribution >= 0.6 is 7.92 Å². The lowest BCUT2D eigenvalue weighted by molar-refractivity contribution is 1.35. The average molecular weight is 666 g/mol. The van der Waals surface area contributed by atoms with Crippen LogP contribution in [0.2, 0.25) is 0 Å². The number of aryl methyl sites for hydroxylation is 3. The Kier molecular flexibility index (Phi) is 11.0. The molecule has 0 heterocycles. The Morgan fingerprint density at radius 2 is 0.520 bits per heavy atom. The highest BCUT2D eigenvalue weighted by Crippen LogP contribution is 2.38. The van der Waals surface area contributed by atoms with Gasteiger partial charge in [-0.25, -0.2) is 0 Å². The summed E-state index contributed by atoms with van der Waals surface area (Å²) < 4.78 is 0. The molecule has 0 saturated heterocycles. The largest absolute Gasteiger partial charge is 0.195 e. The molecular weight excluding hydrogens is 618 g/mol. The van der Waals surface area contributed by atoms with Crippen LogP contribution in [0.3, 0.4) is 0 Å².